The van der Waals surface area contributed by atoms with E-state index >= 15 is 0 Å². The molecule has 18 heavy (non-hydrogen) atoms. The molecule has 1 aliphatic heterocycles. The van der Waals surface area contributed by atoms with Crippen molar-refractivity contribution in [1.82, 2.24) is 0 Å². The number of hydrogen-bond acceptors (Lipinski definition) is 2. The highest BCUT2D eigenvalue weighted by Crippen LogP contribution is 2.43. The number of nitrogens with zero attached hydrogens (tertiary/aromatic N) is 1. The van der Waals surface area contributed by atoms with Gasteiger partial charge in [0.15, 0.2) is 0 Å². The fourth-order valence-corrected chi connectivity index (χ4v) is 3.23. The summed E-state index contributed by atoms with van der Waals surface area (Å²) in [7, 11) is 0. The van der Waals surface area contributed by atoms with Crippen LogP contribution in [-0.2, 0) is 0 Å². The van der Waals surface area contributed by atoms with Gasteiger partial charge in [0.05, 0.1) is 0 Å². The average molecular weight is 245 g/mol. The maximum absolute atomic E-state index is 10.9. The van der Waals surface area contributed by atoms with Gasteiger partial charge in [-0.3, -0.25) is 4.79 Å². The molecule has 2 nitrogen and oxygen atoms in total. The van der Waals surface area contributed by atoms with Crippen molar-refractivity contribution in [2.75, 3.05) is 11.4 Å². The normalized spacial score (nSPS) is 21.6. The van der Waals surface area contributed by atoms with Crippen molar-refractivity contribution < 1.29 is 4.79 Å². The van der Waals surface area contributed by atoms with Crippen LogP contribution in [-0.4, -0.2) is 18.4 Å². The zero-order valence-corrected chi connectivity index (χ0v) is 11.9. The summed E-state index contributed by atoms with van der Waals surface area (Å²) < 4.78 is 0. The SMILES string of the molecule is CCCN1c2ccc(C=O)cc2C(C)CC1(C)C. The molecule has 1 aromatic rings. The number of benzene rings is 1. The van der Waals surface area contributed by atoms with Crippen LogP contribution in [0.1, 0.15) is 62.4 Å². The van der Waals surface area contributed by atoms with E-state index in [0.29, 0.717) is 5.92 Å². The minimum absolute atomic E-state index is 0.200. The van der Waals surface area contributed by atoms with Gasteiger partial charge in [0.1, 0.15) is 6.29 Å². The van der Waals surface area contributed by atoms with Crippen molar-refractivity contribution in [3.8, 4) is 0 Å². The standard InChI is InChI=1S/C16H23NO/c1-5-8-17-15-7-6-13(11-18)9-14(15)12(2)10-16(17,3)4/h6-7,9,11-12H,5,8,10H2,1-4H3. The highest BCUT2D eigenvalue weighted by molar-refractivity contribution is 5.77. The average Bonchev–Trinajstić information content (AvgIpc) is 2.33. The first-order chi connectivity index (χ1) is 8.49. The second-order valence-corrected chi connectivity index (χ2v) is 6.01. The Kier molecular flexibility index (Phi) is 3.47. The van der Waals surface area contributed by atoms with Crippen molar-refractivity contribution in [1.29, 1.82) is 0 Å². The second kappa shape index (κ2) is 4.75. The molecule has 1 atom stereocenters. The summed E-state index contributed by atoms with van der Waals surface area (Å²) in [5.41, 5.74) is 3.63. The lowest BCUT2D eigenvalue weighted by Gasteiger charge is -2.47. The maximum atomic E-state index is 10.9. The van der Waals surface area contributed by atoms with Gasteiger partial charge >= 0.3 is 0 Å². The molecule has 0 amide bonds. The molecule has 2 rings (SSSR count). The number of carbonyl (C=O) groups excluding carboxylic acids is 1. The minimum atomic E-state index is 0.200. The summed E-state index contributed by atoms with van der Waals surface area (Å²) in [6.45, 7) is 10.2. The number of rotatable bonds is 3. The van der Waals surface area contributed by atoms with Crippen LogP contribution in [0.4, 0.5) is 5.69 Å². The summed E-state index contributed by atoms with van der Waals surface area (Å²) in [5, 5.41) is 0. The van der Waals surface area contributed by atoms with Crippen LogP contribution in [0.3, 0.4) is 0 Å². The third-order valence-corrected chi connectivity index (χ3v) is 3.99. The Balaban J connectivity index is 2.50. The Morgan fingerprint density at radius 2 is 2.17 bits per heavy atom. The Morgan fingerprint density at radius 3 is 2.78 bits per heavy atom. The number of anilines is 1. The van der Waals surface area contributed by atoms with Crippen LogP contribution >= 0.6 is 0 Å². The van der Waals surface area contributed by atoms with Crippen molar-refractivity contribution in [2.24, 2.45) is 0 Å². The minimum Gasteiger partial charge on any atom is -0.366 e. The van der Waals surface area contributed by atoms with Crippen LogP contribution in [0.25, 0.3) is 0 Å². The first-order valence-electron chi connectivity index (χ1n) is 6.86. The van der Waals surface area contributed by atoms with Gasteiger partial charge in [-0.05, 0) is 56.4 Å². The van der Waals surface area contributed by atoms with Gasteiger partial charge in [-0.1, -0.05) is 13.8 Å². The van der Waals surface area contributed by atoms with Crippen molar-refractivity contribution in [3.63, 3.8) is 0 Å². The molecule has 2 heteroatoms. The Morgan fingerprint density at radius 1 is 1.44 bits per heavy atom. The van der Waals surface area contributed by atoms with Gasteiger partial charge in [0.2, 0.25) is 0 Å². The molecule has 0 spiro atoms. The summed E-state index contributed by atoms with van der Waals surface area (Å²) in [4.78, 5) is 13.4. The van der Waals surface area contributed by atoms with E-state index in [2.05, 4.69) is 44.7 Å². The topological polar surface area (TPSA) is 20.3 Å². The molecular formula is C16H23NO. The monoisotopic (exact) mass is 245 g/mol. The molecule has 0 radical (unpaired) electrons. The van der Waals surface area contributed by atoms with E-state index in [1.54, 1.807) is 0 Å². The lowest BCUT2D eigenvalue weighted by Crippen LogP contribution is -2.48. The van der Waals surface area contributed by atoms with Crippen LogP contribution in [0, 0.1) is 0 Å². The number of fused-ring (bicyclic) bond motifs is 1. The van der Waals surface area contributed by atoms with E-state index in [0.717, 1.165) is 31.2 Å². The van der Waals surface area contributed by atoms with Crippen LogP contribution in [0.15, 0.2) is 18.2 Å². The van der Waals surface area contributed by atoms with E-state index in [1.807, 2.05) is 6.07 Å². The van der Waals surface area contributed by atoms with E-state index < -0.39 is 0 Å². The predicted octanol–water partition coefficient (Wildman–Crippen LogP) is 4.00. The molecule has 0 saturated carbocycles. The van der Waals surface area contributed by atoms with Gasteiger partial charge in [0.25, 0.3) is 0 Å². The molecule has 1 aliphatic rings. The zero-order valence-electron chi connectivity index (χ0n) is 11.9. The molecule has 0 bridgehead atoms. The fourth-order valence-electron chi connectivity index (χ4n) is 3.23. The quantitative estimate of drug-likeness (QED) is 0.750. The van der Waals surface area contributed by atoms with Gasteiger partial charge in [-0.15, -0.1) is 0 Å². The highest BCUT2D eigenvalue weighted by Gasteiger charge is 2.35. The molecule has 1 heterocycles. The fraction of sp³-hybridized carbons (Fsp3) is 0.562. The van der Waals surface area contributed by atoms with Crippen molar-refractivity contribution >= 4 is 12.0 Å². The third kappa shape index (κ3) is 2.16. The van der Waals surface area contributed by atoms with Crippen molar-refractivity contribution in [3.05, 3.63) is 29.3 Å². The van der Waals surface area contributed by atoms with Gasteiger partial charge in [-0.2, -0.15) is 0 Å². The van der Waals surface area contributed by atoms with Crippen LogP contribution in [0.5, 0.6) is 0 Å². The number of carbonyl (C=O) groups is 1. The summed E-state index contributed by atoms with van der Waals surface area (Å²) in [5.74, 6) is 0.517. The van der Waals surface area contributed by atoms with E-state index in [1.165, 1.54) is 11.3 Å². The molecule has 1 aromatic carbocycles. The lowest BCUT2D eigenvalue weighted by molar-refractivity contribution is 0.112. The molecule has 0 fully saturated rings. The van der Waals surface area contributed by atoms with Crippen LogP contribution < -0.4 is 4.90 Å². The largest absolute Gasteiger partial charge is 0.366 e. The predicted molar refractivity (Wildman–Crippen MR) is 76.6 cm³/mol. The number of hydrogen-bond donors (Lipinski definition) is 0. The van der Waals surface area contributed by atoms with Crippen molar-refractivity contribution in [2.45, 2.75) is 52.0 Å². The van der Waals surface area contributed by atoms with E-state index in [-0.39, 0.29) is 5.54 Å². The maximum Gasteiger partial charge on any atom is 0.150 e. The molecule has 0 aliphatic carbocycles. The Hall–Kier alpha value is -1.31. The summed E-state index contributed by atoms with van der Waals surface area (Å²) in [6, 6.07) is 6.11. The molecule has 0 saturated heterocycles. The molecule has 1 unspecified atom stereocenters. The molecular weight excluding hydrogens is 222 g/mol. The first kappa shape index (κ1) is 13.1. The summed E-state index contributed by atoms with van der Waals surface area (Å²) >= 11 is 0. The lowest BCUT2D eigenvalue weighted by atomic mass is 9.79. The van der Waals surface area contributed by atoms with E-state index in [9.17, 15) is 4.79 Å². The van der Waals surface area contributed by atoms with E-state index in [4.69, 9.17) is 0 Å². The van der Waals surface area contributed by atoms with Gasteiger partial charge in [0, 0.05) is 23.3 Å². The second-order valence-electron chi connectivity index (χ2n) is 6.01. The molecule has 0 aromatic heterocycles. The molecule has 0 N–H and O–H groups in total. The van der Waals surface area contributed by atoms with Gasteiger partial charge in [-0.25, -0.2) is 0 Å². The zero-order chi connectivity index (χ0) is 13.3. The van der Waals surface area contributed by atoms with Crippen LogP contribution in [0.2, 0.25) is 0 Å². The summed E-state index contributed by atoms with van der Waals surface area (Å²) in [6.07, 6.45) is 3.23. The number of aldehydes is 1. The Labute approximate surface area is 110 Å². The van der Waals surface area contributed by atoms with Gasteiger partial charge < -0.3 is 4.90 Å². The smallest absolute Gasteiger partial charge is 0.150 e. The third-order valence-electron chi connectivity index (χ3n) is 3.99. The first-order valence-corrected chi connectivity index (χ1v) is 6.86. The Bertz CT molecular complexity index is 450. The highest BCUT2D eigenvalue weighted by atomic mass is 16.1. The molecule has 98 valence electrons.